The van der Waals surface area contributed by atoms with Gasteiger partial charge in [0.1, 0.15) is 18.7 Å². The fourth-order valence-corrected chi connectivity index (χ4v) is 2.44. The van der Waals surface area contributed by atoms with Crippen LogP contribution in [0.1, 0.15) is 36.0 Å². The lowest BCUT2D eigenvalue weighted by atomic mass is 10.1. The summed E-state index contributed by atoms with van der Waals surface area (Å²) in [5, 5.41) is 8.61. The quantitative estimate of drug-likeness (QED) is 0.822. The fraction of sp³-hybridized carbons (Fsp3) is 0.385. The molecule has 1 amide bonds. The lowest BCUT2D eigenvalue weighted by molar-refractivity contribution is -0.124. The largest absolute Gasteiger partial charge is 0.351 e. The van der Waals surface area contributed by atoms with Crippen LogP contribution < -0.4 is 5.32 Å². The van der Waals surface area contributed by atoms with E-state index in [0.717, 1.165) is 4.88 Å². The van der Waals surface area contributed by atoms with Crippen molar-refractivity contribution in [2.75, 3.05) is 0 Å². The summed E-state index contributed by atoms with van der Waals surface area (Å²) in [5.41, 5.74) is 0. The number of hydrogen-bond donors (Lipinski definition) is 1. The Balaban J connectivity index is 1.86. The molecule has 0 saturated heterocycles. The third kappa shape index (κ3) is 3.51. The van der Waals surface area contributed by atoms with Crippen LogP contribution >= 0.6 is 11.3 Å². The van der Waals surface area contributed by atoms with E-state index >= 15 is 0 Å². The van der Waals surface area contributed by atoms with Crippen LogP contribution in [0.3, 0.4) is 0 Å². The number of carbonyl (C=O) groups is 2. The molecule has 106 valence electrons. The Labute approximate surface area is 120 Å². The van der Waals surface area contributed by atoms with Gasteiger partial charge in [0.2, 0.25) is 5.91 Å². The van der Waals surface area contributed by atoms with Gasteiger partial charge in [0.15, 0.2) is 5.78 Å². The maximum absolute atomic E-state index is 12.0. The summed E-state index contributed by atoms with van der Waals surface area (Å²) in [5.74, 6) is -0.136. The van der Waals surface area contributed by atoms with E-state index in [1.165, 1.54) is 28.7 Å². The normalized spacial score (nSPS) is 13.7. The van der Waals surface area contributed by atoms with Crippen molar-refractivity contribution >= 4 is 23.0 Å². The molecule has 20 heavy (non-hydrogen) atoms. The predicted octanol–water partition coefficient (Wildman–Crippen LogP) is 1.68. The molecule has 1 N–H and O–H groups in total. The second kappa shape index (κ2) is 6.42. The zero-order valence-corrected chi connectivity index (χ0v) is 12.1. The van der Waals surface area contributed by atoms with Crippen LogP contribution in [0.5, 0.6) is 0 Å². The first-order valence-corrected chi connectivity index (χ1v) is 7.17. The maximum atomic E-state index is 12.0. The lowest BCUT2D eigenvalue weighted by Crippen LogP contribution is -2.38. The number of Topliss-reactive ketones (excluding diaryl/α,β-unsaturated/α-hetero) is 1. The van der Waals surface area contributed by atoms with Crippen LogP contribution in [0.25, 0.3) is 0 Å². The first-order valence-electron chi connectivity index (χ1n) is 6.29. The monoisotopic (exact) mass is 292 g/mol. The number of nitrogens with zero attached hydrogens (tertiary/aromatic N) is 3. The van der Waals surface area contributed by atoms with Gasteiger partial charge in [-0.2, -0.15) is 5.10 Å². The number of hydrogen-bond acceptors (Lipinski definition) is 5. The molecular weight excluding hydrogens is 276 g/mol. The molecule has 6 nitrogen and oxygen atoms in total. The van der Waals surface area contributed by atoms with Crippen LogP contribution in [0.15, 0.2) is 30.2 Å². The predicted molar refractivity (Wildman–Crippen MR) is 75.6 cm³/mol. The lowest BCUT2D eigenvalue weighted by Gasteiger charge is -2.16. The Morgan fingerprint density at radius 1 is 1.45 bits per heavy atom. The van der Waals surface area contributed by atoms with Crippen molar-refractivity contribution in [3.05, 3.63) is 35.0 Å². The summed E-state index contributed by atoms with van der Waals surface area (Å²) in [6, 6.07) is 2.97. The van der Waals surface area contributed by atoms with Gasteiger partial charge >= 0.3 is 0 Å². The SMILES string of the molecule is C[C@H](CC(=O)c1cccs1)NC(=O)[C@H](C)n1cncn1. The maximum Gasteiger partial charge on any atom is 0.244 e. The van der Waals surface area contributed by atoms with Crippen LogP contribution in [0.2, 0.25) is 0 Å². The highest BCUT2D eigenvalue weighted by atomic mass is 32.1. The second-order valence-electron chi connectivity index (χ2n) is 4.57. The van der Waals surface area contributed by atoms with Crippen LogP contribution in [0.4, 0.5) is 0 Å². The zero-order valence-electron chi connectivity index (χ0n) is 11.3. The molecular formula is C13H16N4O2S. The third-order valence-corrected chi connectivity index (χ3v) is 3.80. The van der Waals surface area contributed by atoms with Gasteiger partial charge in [-0.1, -0.05) is 6.07 Å². The molecule has 0 aliphatic rings. The first-order chi connectivity index (χ1) is 9.58. The average Bonchev–Trinajstić information content (AvgIpc) is 3.10. The number of thiophene rings is 1. The van der Waals surface area contributed by atoms with Crippen molar-refractivity contribution in [3.63, 3.8) is 0 Å². The summed E-state index contributed by atoms with van der Waals surface area (Å²) in [6.07, 6.45) is 3.16. The summed E-state index contributed by atoms with van der Waals surface area (Å²) in [7, 11) is 0. The highest BCUT2D eigenvalue weighted by Gasteiger charge is 2.19. The minimum absolute atomic E-state index is 0.0428. The molecule has 0 aliphatic carbocycles. The van der Waals surface area contributed by atoms with Gasteiger partial charge in [-0.25, -0.2) is 9.67 Å². The number of carbonyl (C=O) groups excluding carboxylic acids is 2. The number of ketones is 1. The molecule has 7 heteroatoms. The molecule has 0 fully saturated rings. The van der Waals surface area contributed by atoms with Gasteiger partial charge in [0.25, 0.3) is 0 Å². The van der Waals surface area contributed by atoms with E-state index in [0.29, 0.717) is 0 Å². The van der Waals surface area contributed by atoms with E-state index in [2.05, 4.69) is 15.4 Å². The number of amides is 1. The first kappa shape index (κ1) is 14.4. The number of rotatable bonds is 6. The summed E-state index contributed by atoms with van der Waals surface area (Å²) in [6.45, 7) is 3.55. The van der Waals surface area contributed by atoms with Gasteiger partial charge in [-0.3, -0.25) is 9.59 Å². The van der Waals surface area contributed by atoms with E-state index in [4.69, 9.17) is 0 Å². The highest BCUT2D eigenvalue weighted by molar-refractivity contribution is 7.12. The van der Waals surface area contributed by atoms with Crippen molar-refractivity contribution in [1.82, 2.24) is 20.1 Å². The van der Waals surface area contributed by atoms with E-state index in [9.17, 15) is 9.59 Å². The minimum atomic E-state index is -0.447. The standard InChI is InChI=1S/C13H16N4O2S/c1-9(6-11(18)12-4-3-5-20-12)16-13(19)10(2)17-8-14-7-15-17/h3-5,7-10H,6H2,1-2H3,(H,16,19)/t9-,10+/m1/s1. The molecule has 2 heterocycles. The molecule has 0 aliphatic heterocycles. The van der Waals surface area contributed by atoms with E-state index in [1.807, 2.05) is 18.4 Å². The molecule has 2 aromatic heterocycles. The number of nitrogens with one attached hydrogen (secondary N) is 1. The average molecular weight is 292 g/mol. The number of aromatic nitrogens is 3. The Morgan fingerprint density at radius 2 is 2.25 bits per heavy atom. The van der Waals surface area contributed by atoms with Crippen LogP contribution in [-0.4, -0.2) is 32.5 Å². The van der Waals surface area contributed by atoms with Crippen molar-refractivity contribution in [2.45, 2.75) is 32.4 Å². The molecule has 0 radical (unpaired) electrons. The topological polar surface area (TPSA) is 76.9 Å². The molecule has 0 aromatic carbocycles. The van der Waals surface area contributed by atoms with Crippen molar-refractivity contribution < 1.29 is 9.59 Å². The molecule has 0 saturated carbocycles. The van der Waals surface area contributed by atoms with Gasteiger partial charge in [-0.15, -0.1) is 11.3 Å². The third-order valence-electron chi connectivity index (χ3n) is 2.89. The van der Waals surface area contributed by atoms with E-state index < -0.39 is 6.04 Å². The van der Waals surface area contributed by atoms with Crippen molar-refractivity contribution in [1.29, 1.82) is 0 Å². The Hall–Kier alpha value is -2.02. The molecule has 0 unspecified atom stereocenters. The Morgan fingerprint density at radius 3 is 2.85 bits per heavy atom. The van der Waals surface area contributed by atoms with E-state index in [-0.39, 0.29) is 24.2 Å². The van der Waals surface area contributed by atoms with Crippen LogP contribution in [-0.2, 0) is 4.79 Å². The molecule has 2 aromatic rings. The van der Waals surface area contributed by atoms with Gasteiger partial charge < -0.3 is 5.32 Å². The Bertz CT molecular complexity index is 565. The van der Waals surface area contributed by atoms with Gasteiger partial charge in [0, 0.05) is 12.5 Å². The summed E-state index contributed by atoms with van der Waals surface area (Å²) in [4.78, 5) is 28.5. The van der Waals surface area contributed by atoms with Gasteiger partial charge in [0.05, 0.1) is 4.88 Å². The smallest absolute Gasteiger partial charge is 0.244 e. The second-order valence-corrected chi connectivity index (χ2v) is 5.51. The molecule has 2 atom stereocenters. The highest BCUT2D eigenvalue weighted by Crippen LogP contribution is 2.12. The summed E-state index contributed by atoms with van der Waals surface area (Å²) >= 11 is 1.41. The zero-order chi connectivity index (χ0) is 14.5. The van der Waals surface area contributed by atoms with Crippen LogP contribution in [0, 0.1) is 0 Å². The van der Waals surface area contributed by atoms with Crippen molar-refractivity contribution in [2.24, 2.45) is 0 Å². The molecule has 0 bridgehead atoms. The fourth-order valence-electron chi connectivity index (χ4n) is 1.77. The van der Waals surface area contributed by atoms with Gasteiger partial charge in [-0.05, 0) is 25.3 Å². The molecule has 2 rings (SSSR count). The summed E-state index contributed by atoms with van der Waals surface area (Å²) < 4.78 is 1.48. The Kier molecular flexibility index (Phi) is 4.62. The minimum Gasteiger partial charge on any atom is -0.351 e. The van der Waals surface area contributed by atoms with E-state index in [1.54, 1.807) is 13.0 Å². The van der Waals surface area contributed by atoms with Crippen molar-refractivity contribution in [3.8, 4) is 0 Å². The molecule has 0 spiro atoms.